The first-order valence-corrected chi connectivity index (χ1v) is 11.3. The monoisotopic (exact) mass is 443 g/mol. The molecule has 0 aliphatic carbocycles. The predicted octanol–water partition coefficient (Wildman–Crippen LogP) is 2.93. The molecule has 2 aromatic rings. The molecule has 2 aliphatic heterocycles. The summed E-state index contributed by atoms with van der Waals surface area (Å²) in [6, 6.07) is 17.6. The third-order valence-electron chi connectivity index (χ3n) is 6.06. The van der Waals surface area contributed by atoms with Gasteiger partial charge in [0.05, 0.1) is 12.6 Å². The van der Waals surface area contributed by atoms with E-state index in [0.717, 1.165) is 37.5 Å². The molecule has 2 aromatic carbocycles. The number of nitrogens with zero attached hydrogens (tertiary/aromatic N) is 3. The molecule has 6 nitrogen and oxygen atoms in total. The number of rotatable bonds is 6. The zero-order valence-corrected chi connectivity index (χ0v) is 18.7. The topological polar surface area (TPSA) is 45.2 Å². The highest BCUT2D eigenvalue weighted by molar-refractivity contribution is 6.30. The summed E-state index contributed by atoms with van der Waals surface area (Å²) in [7, 11) is 2.07. The number of piperazine rings is 1. The first-order chi connectivity index (χ1) is 15.1. The summed E-state index contributed by atoms with van der Waals surface area (Å²) in [5, 5.41) is 0.704. The maximum atomic E-state index is 13.3. The number of ether oxygens (including phenoxy) is 2. The van der Waals surface area contributed by atoms with E-state index in [1.54, 1.807) is 0 Å². The second-order valence-corrected chi connectivity index (χ2v) is 8.53. The number of morpholine rings is 1. The number of amides is 1. The Morgan fingerprint density at radius 3 is 2.45 bits per heavy atom. The molecule has 1 amide bonds. The fourth-order valence-electron chi connectivity index (χ4n) is 4.27. The maximum Gasteiger partial charge on any atom is 0.253 e. The quantitative estimate of drug-likeness (QED) is 0.687. The first-order valence-electron chi connectivity index (χ1n) is 10.9. The second-order valence-electron chi connectivity index (χ2n) is 8.10. The van der Waals surface area contributed by atoms with E-state index in [4.69, 9.17) is 21.1 Å². The Morgan fingerprint density at radius 1 is 1.03 bits per heavy atom. The first kappa shape index (κ1) is 22.1. The van der Waals surface area contributed by atoms with Gasteiger partial charge in [-0.1, -0.05) is 41.9 Å². The van der Waals surface area contributed by atoms with Crippen LogP contribution in [0.15, 0.2) is 54.6 Å². The Labute approximate surface area is 189 Å². The lowest BCUT2D eigenvalue weighted by atomic mass is 9.97. The van der Waals surface area contributed by atoms with Gasteiger partial charge in [-0.15, -0.1) is 0 Å². The van der Waals surface area contributed by atoms with Crippen molar-refractivity contribution in [3.05, 3.63) is 65.2 Å². The van der Waals surface area contributed by atoms with Crippen LogP contribution in [0, 0.1) is 0 Å². The molecule has 0 aromatic heterocycles. The van der Waals surface area contributed by atoms with Gasteiger partial charge >= 0.3 is 0 Å². The number of carbonyl (C=O) groups excluding carboxylic acids is 1. The maximum absolute atomic E-state index is 13.3. The minimum absolute atomic E-state index is 0.0479. The van der Waals surface area contributed by atoms with Crippen LogP contribution in [0.3, 0.4) is 0 Å². The summed E-state index contributed by atoms with van der Waals surface area (Å²) >= 11 is 5.91. The van der Waals surface area contributed by atoms with Crippen molar-refractivity contribution in [2.75, 3.05) is 59.5 Å². The molecule has 0 saturated carbocycles. The van der Waals surface area contributed by atoms with Crippen LogP contribution < -0.4 is 4.74 Å². The highest BCUT2D eigenvalue weighted by atomic mass is 35.5. The third kappa shape index (κ3) is 5.57. The van der Waals surface area contributed by atoms with Gasteiger partial charge in [0.1, 0.15) is 12.4 Å². The van der Waals surface area contributed by atoms with Gasteiger partial charge in [0.2, 0.25) is 0 Å². The highest BCUT2D eigenvalue weighted by Crippen LogP contribution is 2.29. The van der Waals surface area contributed by atoms with Crippen molar-refractivity contribution in [3.63, 3.8) is 0 Å². The standard InChI is InChI=1S/C24H30ClN3O3/c1-26-15-17-31-23(22(26)19-5-3-2-4-6-19)24(29)28-13-11-27(12-14-28)16-18-30-21-9-7-20(25)8-10-21/h2-10,22-23H,11-18H2,1H3/t22-,23+/m0/s1. The normalized spacial score (nSPS) is 23.0. The molecule has 4 rings (SSSR count). The Morgan fingerprint density at radius 2 is 1.74 bits per heavy atom. The smallest absolute Gasteiger partial charge is 0.253 e. The molecule has 0 unspecified atom stereocenters. The van der Waals surface area contributed by atoms with Crippen molar-refractivity contribution in [1.29, 1.82) is 0 Å². The van der Waals surface area contributed by atoms with Crippen LogP contribution in [0.1, 0.15) is 11.6 Å². The summed E-state index contributed by atoms with van der Waals surface area (Å²) < 4.78 is 11.8. The molecular weight excluding hydrogens is 414 g/mol. The zero-order valence-electron chi connectivity index (χ0n) is 18.0. The molecule has 0 spiro atoms. The minimum atomic E-state index is -0.457. The summed E-state index contributed by atoms with van der Waals surface area (Å²) in [4.78, 5) is 19.9. The molecule has 2 aliphatic rings. The fraction of sp³-hybridized carbons (Fsp3) is 0.458. The summed E-state index contributed by atoms with van der Waals surface area (Å²) in [6.07, 6.45) is -0.457. The second kappa shape index (κ2) is 10.5. The molecule has 31 heavy (non-hydrogen) atoms. The number of hydrogen-bond donors (Lipinski definition) is 0. The van der Waals surface area contributed by atoms with Crippen molar-refractivity contribution >= 4 is 17.5 Å². The van der Waals surface area contributed by atoms with Crippen molar-refractivity contribution in [2.45, 2.75) is 12.1 Å². The van der Waals surface area contributed by atoms with Crippen LogP contribution in [0.5, 0.6) is 5.75 Å². The number of halogens is 1. The van der Waals surface area contributed by atoms with E-state index in [0.29, 0.717) is 31.3 Å². The van der Waals surface area contributed by atoms with Crippen LogP contribution in [0.2, 0.25) is 5.02 Å². The lowest BCUT2D eigenvalue weighted by Gasteiger charge is -2.42. The van der Waals surface area contributed by atoms with E-state index in [2.05, 4.69) is 29.0 Å². The number of benzene rings is 2. The summed E-state index contributed by atoms with van der Waals surface area (Å²) in [5.41, 5.74) is 1.13. The van der Waals surface area contributed by atoms with Crippen molar-refractivity contribution < 1.29 is 14.3 Å². The molecule has 7 heteroatoms. The van der Waals surface area contributed by atoms with Crippen LogP contribution in [-0.4, -0.2) is 86.2 Å². The average molecular weight is 444 g/mol. The van der Waals surface area contributed by atoms with Gasteiger partial charge in [-0.3, -0.25) is 14.6 Å². The van der Waals surface area contributed by atoms with Gasteiger partial charge in [0.15, 0.2) is 6.10 Å². The van der Waals surface area contributed by atoms with E-state index in [1.165, 1.54) is 0 Å². The van der Waals surface area contributed by atoms with Gasteiger partial charge in [-0.05, 0) is 36.9 Å². The number of carbonyl (C=O) groups is 1. The van der Waals surface area contributed by atoms with Gasteiger partial charge in [-0.25, -0.2) is 0 Å². The van der Waals surface area contributed by atoms with E-state index >= 15 is 0 Å². The van der Waals surface area contributed by atoms with E-state index in [1.807, 2.05) is 47.4 Å². The van der Waals surface area contributed by atoms with E-state index < -0.39 is 6.10 Å². The van der Waals surface area contributed by atoms with Crippen molar-refractivity contribution in [3.8, 4) is 5.75 Å². The minimum Gasteiger partial charge on any atom is -0.492 e. The lowest BCUT2D eigenvalue weighted by molar-refractivity contribution is -0.157. The van der Waals surface area contributed by atoms with Gasteiger partial charge in [0.25, 0.3) is 5.91 Å². The molecule has 166 valence electrons. The van der Waals surface area contributed by atoms with Gasteiger partial charge < -0.3 is 14.4 Å². The third-order valence-corrected chi connectivity index (χ3v) is 6.31. The van der Waals surface area contributed by atoms with E-state index in [9.17, 15) is 4.79 Å². The van der Waals surface area contributed by atoms with Crippen molar-refractivity contribution in [1.82, 2.24) is 14.7 Å². The fourth-order valence-corrected chi connectivity index (χ4v) is 4.39. The molecule has 0 N–H and O–H groups in total. The Hall–Kier alpha value is -2.12. The van der Waals surface area contributed by atoms with Gasteiger partial charge in [-0.2, -0.15) is 0 Å². The largest absolute Gasteiger partial charge is 0.492 e. The molecule has 2 atom stereocenters. The molecule has 2 saturated heterocycles. The average Bonchev–Trinajstić information content (AvgIpc) is 2.81. The molecule has 0 radical (unpaired) electrons. The Balaban J connectivity index is 1.28. The Kier molecular flexibility index (Phi) is 7.45. The molecular formula is C24H30ClN3O3. The Bertz CT molecular complexity index is 841. The molecule has 2 fully saturated rings. The molecule has 2 heterocycles. The van der Waals surface area contributed by atoms with Crippen LogP contribution in [0.4, 0.5) is 0 Å². The van der Waals surface area contributed by atoms with Crippen molar-refractivity contribution in [2.24, 2.45) is 0 Å². The summed E-state index contributed by atoms with van der Waals surface area (Å²) in [5.74, 6) is 0.918. The SMILES string of the molecule is CN1CCO[C@@H](C(=O)N2CCN(CCOc3ccc(Cl)cc3)CC2)[C@@H]1c1ccccc1. The lowest BCUT2D eigenvalue weighted by Crippen LogP contribution is -2.56. The number of likely N-dealkylation sites (N-methyl/N-ethyl adjacent to an activating group) is 1. The zero-order chi connectivity index (χ0) is 21.6. The van der Waals surface area contributed by atoms with Crippen LogP contribution in [0.25, 0.3) is 0 Å². The predicted molar refractivity (Wildman–Crippen MR) is 122 cm³/mol. The highest BCUT2D eigenvalue weighted by Gasteiger charge is 2.39. The summed E-state index contributed by atoms with van der Waals surface area (Å²) in [6.45, 7) is 5.96. The van der Waals surface area contributed by atoms with Gasteiger partial charge in [0, 0.05) is 44.3 Å². The molecule has 0 bridgehead atoms. The van der Waals surface area contributed by atoms with Crippen LogP contribution in [-0.2, 0) is 9.53 Å². The number of hydrogen-bond acceptors (Lipinski definition) is 5. The van der Waals surface area contributed by atoms with Crippen LogP contribution >= 0.6 is 11.6 Å². The van der Waals surface area contributed by atoms with E-state index in [-0.39, 0.29) is 11.9 Å².